The molecule has 1 saturated heterocycles. The number of hydrogen-bond donors (Lipinski definition) is 3. The number of nitrogens with zero attached hydrogens (tertiary/aromatic N) is 1. The molecule has 0 saturated carbocycles. The number of hydrogen-bond acceptors (Lipinski definition) is 3. The molecule has 3 N–H and O–H groups in total. The van der Waals surface area contributed by atoms with Crippen molar-refractivity contribution in [1.82, 2.24) is 15.2 Å². The Kier molecular flexibility index (Phi) is 4.34. The third-order valence-electron chi connectivity index (χ3n) is 4.54. The normalized spacial score (nSPS) is 19.8. The number of carboxylic acids is 1. The first-order chi connectivity index (χ1) is 11.1. The van der Waals surface area contributed by atoms with Crippen LogP contribution in [0.25, 0.3) is 10.9 Å². The molecule has 0 aliphatic carbocycles. The molecule has 1 fully saturated rings. The van der Waals surface area contributed by atoms with Gasteiger partial charge < -0.3 is 15.4 Å². The third kappa shape index (κ3) is 3.22. The lowest BCUT2D eigenvalue weighted by atomic mass is 10.0. The molecule has 6 nitrogen and oxygen atoms in total. The second-order valence-corrected chi connectivity index (χ2v) is 6.10. The minimum absolute atomic E-state index is 0.197. The highest BCUT2D eigenvalue weighted by molar-refractivity contribution is 5.88. The maximum absolute atomic E-state index is 12.3. The van der Waals surface area contributed by atoms with Gasteiger partial charge >= 0.3 is 5.97 Å². The second kappa shape index (κ2) is 6.42. The highest BCUT2D eigenvalue weighted by Crippen LogP contribution is 2.20. The van der Waals surface area contributed by atoms with Crippen molar-refractivity contribution in [3.8, 4) is 0 Å². The van der Waals surface area contributed by atoms with Crippen LogP contribution in [0.3, 0.4) is 0 Å². The van der Waals surface area contributed by atoms with Crippen LogP contribution in [-0.2, 0) is 16.0 Å². The van der Waals surface area contributed by atoms with Crippen molar-refractivity contribution in [2.45, 2.75) is 31.3 Å². The molecule has 1 aliphatic rings. The van der Waals surface area contributed by atoms with Crippen LogP contribution in [0.4, 0.5) is 0 Å². The van der Waals surface area contributed by atoms with Gasteiger partial charge in [0.2, 0.25) is 5.91 Å². The van der Waals surface area contributed by atoms with Gasteiger partial charge in [-0.2, -0.15) is 0 Å². The lowest BCUT2D eigenvalue weighted by Gasteiger charge is -2.21. The quantitative estimate of drug-likeness (QED) is 0.778. The average molecular weight is 315 g/mol. The van der Waals surface area contributed by atoms with Gasteiger partial charge in [0.25, 0.3) is 0 Å². The standard InChI is InChI=1S/C17H21N3O3/c1-20-8-4-7-15(20)16(21)19-14(17(22)23)9-11-10-18-13-6-3-2-5-12(11)13/h2-3,5-6,10,14-15,18H,4,7-9H2,1H3,(H,19,21)(H,22,23)/t14-,15-/m0/s1. The van der Waals surface area contributed by atoms with Crippen LogP contribution in [-0.4, -0.2) is 52.5 Å². The lowest BCUT2D eigenvalue weighted by Crippen LogP contribution is -2.49. The molecule has 1 amide bonds. The fourth-order valence-electron chi connectivity index (χ4n) is 3.23. The smallest absolute Gasteiger partial charge is 0.326 e. The highest BCUT2D eigenvalue weighted by atomic mass is 16.4. The van der Waals surface area contributed by atoms with Crippen LogP contribution in [0.5, 0.6) is 0 Å². The topological polar surface area (TPSA) is 85.4 Å². The van der Waals surface area contributed by atoms with Crippen LogP contribution in [0.2, 0.25) is 0 Å². The number of likely N-dealkylation sites (N-methyl/N-ethyl adjacent to an activating group) is 1. The predicted molar refractivity (Wildman–Crippen MR) is 87.2 cm³/mol. The number of amides is 1. The number of carbonyl (C=O) groups excluding carboxylic acids is 1. The van der Waals surface area contributed by atoms with E-state index in [1.807, 2.05) is 42.4 Å². The van der Waals surface area contributed by atoms with Crippen molar-refractivity contribution < 1.29 is 14.7 Å². The summed E-state index contributed by atoms with van der Waals surface area (Å²) >= 11 is 0. The molecule has 6 heteroatoms. The summed E-state index contributed by atoms with van der Waals surface area (Å²) in [4.78, 5) is 29.0. The molecule has 1 aliphatic heterocycles. The summed E-state index contributed by atoms with van der Waals surface area (Å²) in [6.07, 6.45) is 3.83. The number of H-pyrrole nitrogens is 1. The summed E-state index contributed by atoms with van der Waals surface area (Å²) in [5, 5.41) is 13.2. The lowest BCUT2D eigenvalue weighted by molar-refractivity contribution is -0.142. The molecule has 0 spiro atoms. The number of carbonyl (C=O) groups is 2. The van der Waals surface area contributed by atoms with Crippen molar-refractivity contribution >= 4 is 22.8 Å². The molecule has 23 heavy (non-hydrogen) atoms. The molecule has 1 aromatic carbocycles. The summed E-state index contributed by atoms with van der Waals surface area (Å²) in [7, 11) is 1.90. The van der Waals surface area contributed by atoms with Gasteiger partial charge in [0.1, 0.15) is 6.04 Å². The number of carboxylic acid groups (broad SMARTS) is 1. The Morgan fingerprint density at radius 1 is 1.43 bits per heavy atom. The molecule has 2 atom stereocenters. The van der Waals surface area contributed by atoms with Crippen LogP contribution < -0.4 is 5.32 Å². The van der Waals surface area contributed by atoms with E-state index in [4.69, 9.17) is 0 Å². The van der Waals surface area contributed by atoms with E-state index in [1.54, 1.807) is 0 Å². The van der Waals surface area contributed by atoms with Gasteiger partial charge in [0.15, 0.2) is 0 Å². The van der Waals surface area contributed by atoms with Gasteiger partial charge in [0.05, 0.1) is 6.04 Å². The molecular formula is C17H21N3O3. The number of benzene rings is 1. The summed E-state index contributed by atoms with van der Waals surface area (Å²) in [6, 6.07) is 6.60. The van der Waals surface area contributed by atoms with E-state index in [2.05, 4.69) is 10.3 Å². The van der Waals surface area contributed by atoms with E-state index in [0.717, 1.165) is 35.9 Å². The Bertz CT molecular complexity index is 725. The summed E-state index contributed by atoms with van der Waals surface area (Å²) in [5.41, 5.74) is 1.86. The van der Waals surface area contributed by atoms with Crippen LogP contribution in [0.1, 0.15) is 18.4 Å². The van der Waals surface area contributed by atoms with E-state index < -0.39 is 12.0 Å². The number of aromatic nitrogens is 1. The maximum atomic E-state index is 12.3. The Balaban J connectivity index is 1.74. The number of nitrogens with one attached hydrogen (secondary N) is 2. The number of rotatable bonds is 5. The minimum Gasteiger partial charge on any atom is -0.480 e. The van der Waals surface area contributed by atoms with Crippen molar-refractivity contribution in [2.75, 3.05) is 13.6 Å². The summed E-state index contributed by atoms with van der Waals surface area (Å²) in [5.74, 6) is -1.21. The van der Waals surface area contributed by atoms with E-state index in [-0.39, 0.29) is 18.4 Å². The van der Waals surface area contributed by atoms with Gasteiger partial charge in [0, 0.05) is 23.5 Å². The molecular weight excluding hydrogens is 294 g/mol. The van der Waals surface area contributed by atoms with Crippen molar-refractivity contribution in [3.05, 3.63) is 36.0 Å². The van der Waals surface area contributed by atoms with Crippen molar-refractivity contribution in [3.63, 3.8) is 0 Å². The van der Waals surface area contributed by atoms with Crippen LogP contribution >= 0.6 is 0 Å². The van der Waals surface area contributed by atoms with Gasteiger partial charge in [-0.1, -0.05) is 18.2 Å². The molecule has 0 radical (unpaired) electrons. The monoisotopic (exact) mass is 315 g/mol. The molecule has 1 aromatic heterocycles. The van der Waals surface area contributed by atoms with Gasteiger partial charge in [-0.15, -0.1) is 0 Å². The Morgan fingerprint density at radius 3 is 2.91 bits per heavy atom. The fourth-order valence-corrected chi connectivity index (χ4v) is 3.23. The summed E-state index contributed by atoms with van der Waals surface area (Å²) in [6.45, 7) is 0.873. The SMILES string of the molecule is CN1CCC[C@H]1C(=O)N[C@@H](Cc1c[nH]c2ccccc12)C(=O)O. The first kappa shape index (κ1) is 15.6. The maximum Gasteiger partial charge on any atom is 0.326 e. The number of aliphatic carboxylic acids is 1. The number of fused-ring (bicyclic) bond motifs is 1. The van der Waals surface area contributed by atoms with E-state index in [0.29, 0.717) is 0 Å². The zero-order valence-corrected chi connectivity index (χ0v) is 13.1. The molecule has 3 rings (SSSR count). The number of aromatic amines is 1. The molecule has 0 unspecified atom stereocenters. The van der Waals surface area contributed by atoms with Gasteiger partial charge in [-0.05, 0) is 38.1 Å². The summed E-state index contributed by atoms with van der Waals surface area (Å²) < 4.78 is 0. The van der Waals surface area contributed by atoms with Gasteiger partial charge in [-0.25, -0.2) is 4.79 Å². The third-order valence-corrected chi connectivity index (χ3v) is 4.54. The van der Waals surface area contributed by atoms with Crippen molar-refractivity contribution in [1.29, 1.82) is 0 Å². The van der Waals surface area contributed by atoms with Crippen LogP contribution in [0, 0.1) is 0 Å². The zero-order chi connectivity index (χ0) is 16.4. The first-order valence-corrected chi connectivity index (χ1v) is 7.84. The minimum atomic E-state index is -1.01. The average Bonchev–Trinajstić information content (AvgIpc) is 3.13. The highest BCUT2D eigenvalue weighted by Gasteiger charge is 2.31. The first-order valence-electron chi connectivity index (χ1n) is 7.84. The largest absolute Gasteiger partial charge is 0.480 e. The van der Waals surface area contributed by atoms with Crippen LogP contribution in [0.15, 0.2) is 30.5 Å². The number of para-hydroxylation sites is 1. The molecule has 2 heterocycles. The second-order valence-electron chi connectivity index (χ2n) is 6.10. The Labute approximate surface area is 134 Å². The van der Waals surface area contributed by atoms with E-state index >= 15 is 0 Å². The van der Waals surface area contributed by atoms with Gasteiger partial charge in [-0.3, -0.25) is 9.69 Å². The Morgan fingerprint density at radius 2 is 2.22 bits per heavy atom. The fraction of sp³-hybridized carbons (Fsp3) is 0.412. The van der Waals surface area contributed by atoms with Crippen molar-refractivity contribution in [2.24, 2.45) is 0 Å². The predicted octanol–water partition coefficient (Wildman–Crippen LogP) is 1.37. The molecule has 2 aromatic rings. The van der Waals surface area contributed by atoms with E-state index in [9.17, 15) is 14.7 Å². The zero-order valence-electron chi connectivity index (χ0n) is 13.1. The Hall–Kier alpha value is -2.34. The van der Waals surface area contributed by atoms with E-state index in [1.165, 1.54) is 0 Å². The molecule has 122 valence electrons. The molecule has 0 bridgehead atoms. The number of likely N-dealkylation sites (tertiary alicyclic amines) is 1.